The van der Waals surface area contributed by atoms with Crippen LogP contribution in [0.4, 0.5) is 5.69 Å². The molecule has 0 saturated heterocycles. The first-order chi connectivity index (χ1) is 15.5. The summed E-state index contributed by atoms with van der Waals surface area (Å²) in [5.74, 6) is -1.29. The van der Waals surface area contributed by atoms with E-state index >= 15 is 0 Å². The fraction of sp³-hybridized carbons (Fsp3) is 0.222. The lowest BCUT2D eigenvalue weighted by atomic mass is 10.0. The first kappa shape index (κ1) is 21.5. The number of carbonyl (C=O) groups excluding carboxylic acids is 2. The molecule has 3 aromatic rings. The Bertz CT molecular complexity index is 1100. The summed E-state index contributed by atoms with van der Waals surface area (Å²) >= 11 is 0. The van der Waals surface area contributed by atoms with Crippen LogP contribution in [0.3, 0.4) is 0 Å². The summed E-state index contributed by atoms with van der Waals surface area (Å²) in [5.41, 5.74) is 5.10. The van der Waals surface area contributed by atoms with Crippen LogP contribution < -0.4 is 4.90 Å². The number of aryl methyl sites for hydroxylation is 3. The SMILES string of the molecule is O=C(O)CCCCc1ccc(CCc2ccc(N3C(=O)c4ccccc4C3=O)cc2)cc1. The minimum atomic E-state index is -0.739. The first-order valence-corrected chi connectivity index (χ1v) is 10.9. The molecule has 1 aliphatic rings. The molecule has 0 aliphatic carbocycles. The molecular weight excluding hydrogens is 402 g/mol. The summed E-state index contributed by atoms with van der Waals surface area (Å²) in [6.45, 7) is 0. The average molecular weight is 428 g/mol. The van der Waals surface area contributed by atoms with E-state index in [4.69, 9.17) is 5.11 Å². The molecule has 162 valence electrons. The van der Waals surface area contributed by atoms with Crippen molar-refractivity contribution < 1.29 is 19.5 Å². The third-order valence-electron chi connectivity index (χ3n) is 5.82. The van der Waals surface area contributed by atoms with Crippen LogP contribution in [0.25, 0.3) is 0 Å². The summed E-state index contributed by atoms with van der Waals surface area (Å²) < 4.78 is 0. The normalized spacial score (nSPS) is 12.8. The van der Waals surface area contributed by atoms with Crippen molar-refractivity contribution in [2.24, 2.45) is 0 Å². The zero-order valence-electron chi connectivity index (χ0n) is 17.8. The number of benzene rings is 3. The van der Waals surface area contributed by atoms with E-state index in [1.807, 2.05) is 24.3 Å². The van der Waals surface area contributed by atoms with Crippen molar-refractivity contribution >= 4 is 23.5 Å². The summed E-state index contributed by atoms with van der Waals surface area (Å²) in [5, 5.41) is 8.70. The van der Waals surface area contributed by atoms with Crippen LogP contribution in [0.5, 0.6) is 0 Å². The minimum absolute atomic E-state index is 0.226. The Balaban J connectivity index is 1.31. The van der Waals surface area contributed by atoms with Gasteiger partial charge in [-0.3, -0.25) is 14.4 Å². The number of rotatable bonds is 9. The highest BCUT2D eigenvalue weighted by molar-refractivity contribution is 6.34. The van der Waals surface area contributed by atoms with Gasteiger partial charge in [0.15, 0.2) is 0 Å². The fourth-order valence-corrected chi connectivity index (χ4v) is 4.00. The molecule has 5 nitrogen and oxygen atoms in total. The van der Waals surface area contributed by atoms with Gasteiger partial charge in [0, 0.05) is 6.42 Å². The van der Waals surface area contributed by atoms with Gasteiger partial charge in [0.05, 0.1) is 16.8 Å². The maximum atomic E-state index is 12.6. The van der Waals surface area contributed by atoms with Crippen molar-refractivity contribution in [2.75, 3.05) is 4.90 Å². The Morgan fingerprint density at radius 3 is 1.62 bits per heavy atom. The summed E-state index contributed by atoms with van der Waals surface area (Å²) in [4.78, 5) is 37.1. The largest absolute Gasteiger partial charge is 0.481 e. The van der Waals surface area contributed by atoms with Crippen molar-refractivity contribution in [3.63, 3.8) is 0 Å². The van der Waals surface area contributed by atoms with Gasteiger partial charge in [0.2, 0.25) is 0 Å². The molecule has 4 rings (SSSR count). The lowest BCUT2D eigenvalue weighted by Crippen LogP contribution is -2.29. The molecule has 0 saturated carbocycles. The number of hydrogen-bond donors (Lipinski definition) is 1. The van der Waals surface area contributed by atoms with E-state index in [2.05, 4.69) is 24.3 Å². The summed E-state index contributed by atoms with van der Waals surface area (Å²) in [6.07, 6.45) is 4.46. The highest BCUT2D eigenvalue weighted by atomic mass is 16.4. The Hall–Kier alpha value is -3.73. The standard InChI is InChI=1S/C27H25NO4/c29-25(30)8-4-1-5-19-9-11-20(12-10-19)13-14-21-15-17-22(18-16-21)28-26(31)23-6-2-3-7-24(23)27(28)32/h2-3,6-7,9-12,15-18H,1,4-5,8,13-14H2,(H,29,30). The Labute approximate surface area is 187 Å². The summed E-state index contributed by atoms with van der Waals surface area (Å²) in [7, 11) is 0. The minimum Gasteiger partial charge on any atom is -0.481 e. The molecule has 0 bridgehead atoms. The predicted molar refractivity (Wildman–Crippen MR) is 123 cm³/mol. The molecule has 32 heavy (non-hydrogen) atoms. The molecule has 0 unspecified atom stereocenters. The van der Waals surface area contributed by atoms with Gasteiger partial charge in [-0.1, -0.05) is 48.5 Å². The topological polar surface area (TPSA) is 74.7 Å². The van der Waals surface area contributed by atoms with Crippen LogP contribution in [-0.4, -0.2) is 22.9 Å². The van der Waals surface area contributed by atoms with Crippen molar-refractivity contribution in [1.29, 1.82) is 0 Å². The van der Waals surface area contributed by atoms with Gasteiger partial charge in [-0.2, -0.15) is 0 Å². The van der Waals surface area contributed by atoms with Gasteiger partial charge in [0.25, 0.3) is 11.8 Å². The number of hydrogen-bond acceptors (Lipinski definition) is 3. The van der Waals surface area contributed by atoms with Crippen molar-refractivity contribution in [2.45, 2.75) is 38.5 Å². The summed E-state index contributed by atoms with van der Waals surface area (Å²) in [6, 6.07) is 23.0. The number of carboxylic acids is 1. The van der Waals surface area contributed by atoms with E-state index in [0.29, 0.717) is 23.2 Å². The van der Waals surface area contributed by atoms with Crippen LogP contribution in [0, 0.1) is 0 Å². The van der Waals surface area contributed by atoms with Crippen molar-refractivity contribution in [3.8, 4) is 0 Å². The number of unbranched alkanes of at least 4 members (excludes halogenated alkanes) is 1. The third kappa shape index (κ3) is 4.78. The number of carbonyl (C=O) groups is 3. The molecule has 1 N–H and O–H groups in total. The van der Waals surface area contributed by atoms with E-state index in [9.17, 15) is 14.4 Å². The molecule has 1 heterocycles. The van der Waals surface area contributed by atoms with E-state index in [-0.39, 0.29) is 18.2 Å². The second kappa shape index (κ2) is 9.60. The molecule has 0 radical (unpaired) electrons. The van der Waals surface area contributed by atoms with Crippen molar-refractivity contribution in [3.05, 3.63) is 101 Å². The first-order valence-electron chi connectivity index (χ1n) is 10.9. The molecule has 0 spiro atoms. The van der Waals surface area contributed by atoms with E-state index in [1.54, 1.807) is 24.3 Å². The van der Waals surface area contributed by atoms with E-state index in [0.717, 1.165) is 31.2 Å². The Morgan fingerprint density at radius 1 is 0.656 bits per heavy atom. The van der Waals surface area contributed by atoms with Gasteiger partial charge in [0.1, 0.15) is 0 Å². The Kier molecular flexibility index (Phi) is 6.45. The van der Waals surface area contributed by atoms with Crippen LogP contribution in [0.15, 0.2) is 72.8 Å². The quantitative estimate of drug-likeness (QED) is 0.382. The lowest BCUT2D eigenvalue weighted by molar-refractivity contribution is -0.137. The molecule has 0 atom stereocenters. The second-order valence-electron chi connectivity index (χ2n) is 8.08. The monoisotopic (exact) mass is 427 g/mol. The molecule has 1 aliphatic heterocycles. The maximum Gasteiger partial charge on any atom is 0.303 e. The number of anilines is 1. The number of carboxylic acid groups (broad SMARTS) is 1. The van der Waals surface area contributed by atoms with Crippen LogP contribution in [0.1, 0.15) is 56.7 Å². The average Bonchev–Trinajstić information content (AvgIpc) is 3.07. The second-order valence-corrected chi connectivity index (χ2v) is 8.08. The van der Waals surface area contributed by atoms with Crippen LogP contribution in [-0.2, 0) is 24.1 Å². The molecule has 0 aromatic heterocycles. The maximum absolute atomic E-state index is 12.6. The van der Waals surface area contributed by atoms with Gasteiger partial charge in [-0.05, 0) is 73.1 Å². The van der Waals surface area contributed by atoms with Crippen LogP contribution >= 0.6 is 0 Å². The van der Waals surface area contributed by atoms with Gasteiger partial charge >= 0.3 is 5.97 Å². The molecule has 3 aromatic carbocycles. The Morgan fingerprint density at radius 2 is 1.12 bits per heavy atom. The van der Waals surface area contributed by atoms with E-state index < -0.39 is 5.97 Å². The third-order valence-corrected chi connectivity index (χ3v) is 5.82. The lowest BCUT2D eigenvalue weighted by Gasteiger charge is -2.14. The predicted octanol–water partition coefficient (Wildman–Crippen LogP) is 5.07. The molecule has 0 fully saturated rings. The molecular formula is C27H25NO4. The smallest absolute Gasteiger partial charge is 0.303 e. The number of aliphatic carboxylic acids is 1. The van der Waals surface area contributed by atoms with Gasteiger partial charge in [-0.15, -0.1) is 0 Å². The fourth-order valence-electron chi connectivity index (χ4n) is 4.00. The highest BCUT2D eigenvalue weighted by Gasteiger charge is 2.36. The zero-order chi connectivity index (χ0) is 22.5. The highest BCUT2D eigenvalue weighted by Crippen LogP contribution is 2.28. The molecule has 5 heteroatoms. The molecule has 2 amide bonds. The number of amides is 2. The number of fused-ring (bicyclic) bond motifs is 1. The van der Waals surface area contributed by atoms with Gasteiger partial charge in [-0.25, -0.2) is 4.90 Å². The van der Waals surface area contributed by atoms with Gasteiger partial charge < -0.3 is 5.11 Å². The van der Waals surface area contributed by atoms with Crippen LogP contribution in [0.2, 0.25) is 0 Å². The van der Waals surface area contributed by atoms with Crippen molar-refractivity contribution in [1.82, 2.24) is 0 Å². The number of nitrogens with zero attached hydrogens (tertiary/aromatic N) is 1. The number of imide groups is 1. The zero-order valence-corrected chi connectivity index (χ0v) is 17.8. The van der Waals surface area contributed by atoms with E-state index in [1.165, 1.54) is 16.0 Å².